The van der Waals surface area contributed by atoms with Gasteiger partial charge in [0.1, 0.15) is 109 Å². The topological polar surface area (TPSA) is 206 Å². The first-order valence-corrected chi connectivity index (χ1v) is 42.9. The molecule has 25 nitrogen and oxygen atoms in total. The Balaban J connectivity index is 0.0000000862. The van der Waals surface area contributed by atoms with Crippen LogP contribution in [0.4, 0.5) is 125 Å². The van der Waals surface area contributed by atoms with Crippen molar-refractivity contribution in [1.29, 1.82) is 0 Å². The molecule has 0 amide bonds. The van der Waals surface area contributed by atoms with Gasteiger partial charge in [-0.1, -0.05) is 146 Å². The molecule has 20 heterocycles. The summed E-state index contributed by atoms with van der Waals surface area (Å²) in [6.45, 7) is 6.61. The van der Waals surface area contributed by atoms with Crippen molar-refractivity contribution in [3.63, 3.8) is 0 Å². The van der Waals surface area contributed by atoms with Crippen molar-refractivity contribution >= 4 is 137 Å². The molecule has 12 aliphatic rings. The number of benzene rings is 8. The van der Waals surface area contributed by atoms with Crippen LogP contribution < -0.4 is 58.8 Å². The van der Waals surface area contributed by atoms with Crippen molar-refractivity contribution in [1.82, 2.24) is 64.8 Å². The van der Waals surface area contributed by atoms with Crippen LogP contribution in [-0.2, 0) is 38.5 Å². The standard InChI is InChI=1S/C19H16N4.C18H14N4.C17H13N5.C16H12N4S.C15H16N4.C13H12N4/c1-13-6-2-4-8-15(13)22-17-11-20-12-21-19(17)23-16-9-5-3-7-14(16)10-18(22)23;1-2-7-14(8-3-1)21-16-11-19-12-20-18(16)22-15-9-5-4-6-13(15)10-17(21)22;1-2-4-14-12(3-1)9-16-21(13-5-7-18-8-6-13)15-10-19-11-20-17(15)22(14)16;1-2-5-12-11(4-1)8-14-19(15-6-3-7-21-15)13-9-17-10-18-16(13)20(12)14;1-10(2)18-13-8-16-9-17-15(13)19-12-6-4-3-5-11(12)7-14(18)19;1-16-11-7-14-8-15-13(11)17-10-5-3-2-4-9(10)6-12(16)17/h2-9,11-12,18H,10H2,1H3;1-9,11-12,17H,10H2;1-8,10-11,16H,9H2;1-7,9-10,14H,8H2;3-6,8-10,14H,7H2,1-2H3;2-5,7-8,12H,6H2,1H3. The second-order valence-electron chi connectivity index (χ2n) is 32.4. The summed E-state index contributed by atoms with van der Waals surface area (Å²) in [6.07, 6.45) is 32.6. The monoisotopic (exact) mass is 1640 g/mol. The minimum atomic E-state index is 0.214. The first-order chi connectivity index (χ1) is 61.3. The Morgan fingerprint density at radius 3 is 0.984 bits per heavy atom. The maximum atomic E-state index is 4.58. The lowest BCUT2D eigenvalue weighted by Crippen LogP contribution is -2.43. The van der Waals surface area contributed by atoms with Gasteiger partial charge in [0.15, 0.2) is 34.9 Å². The van der Waals surface area contributed by atoms with Crippen LogP contribution in [0.25, 0.3) is 0 Å². The smallest absolute Gasteiger partial charge is 0.162 e. The lowest BCUT2D eigenvalue weighted by molar-refractivity contribution is 0.588. The Labute approximate surface area is 721 Å². The van der Waals surface area contributed by atoms with E-state index in [2.05, 4.69) is 363 Å². The molecular formula is C98H83N25S. The summed E-state index contributed by atoms with van der Waals surface area (Å²) in [5, 5.41) is 3.36. The van der Waals surface area contributed by atoms with Gasteiger partial charge in [-0.05, 0) is 144 Å². The van der Waals surface area contributed by atoms with Crippen molar-refractivity contribution in [2.45, 2.75) is 102 Å². The normalized spacial score (nSPS) is 18.7. The van der Waals surface area contributed by atoms with Crippen LogP contribution in [0, 0.1) is 6.92 Å². The van der Waals surface area contributed by atoms with Crippen LogP contribution in [0.15, 0.2) is 317 Å². The van der Waals surface area contributed by atoms with E-state index in [1.165, 1.54) is 89.4 Å². The predicted octanol–water partition coefficient (Wildman–Crippen LogP) is 19.0. The van der Waals surface area contributed by atoms with Gasteiger partial charge < -0.3 is 58.8 Å². The molecular weight excluding hydrogens is 1560 g/mol. The van der Waals surface area contributed by atoms with E-state index in [0.717, 1.165) is 113 Å². The minimum absolute atomic E-state index is 0.214. The summed E-state index contributed by atoms with van der Waals surface area (Å²) >= 11 is 1.76. The summed E-state index contributed by atoms with van der Waals surface area (Å²) in [6, 6.07) is 79.2. The highest BCUT2D eigenvalue weighted by atomic mass is 32.1. The molecule has 28 rings (SSSR count). The molecule has 12 aliphatic heterocycles. The van der Waals surface area contributed by atoms with Crippen LogP contribution in [0.2, 0.25) is 0 Å². The highest BCUT2D eigenvalue weighted by Crippen LogP contribution is 2.58. The number of nitrogens with zero attached hydrogens (tertiary/aromatic N) is 25. The SMILES string of the molecule is CC(C)N1c2cncnc2N2c3ccccc3CC21.CN1c2cncnc2N2c3ccccc3CC12.Cc1ccccc1N1c2cncnc2N2c3ccccc3CC12.c1ccc(N2c3cncnc3N3c4ccccc4CC23)cc1.c1ccc2c(c1)CC1N(c3ccncc3)c3cncnc3N21.c1csc(N2c3cncnc3N3c4ccccc4CC23)c1. The number of hydrogen-bond donors (Lipinski definition) is 0. The van der Waals surface area contributed by atoms with Crippen molar-refractivity contribution < 1.29 is 0 Å². The third kappa shape index (κ3) is 12.0. The van der Waals surface area contributed by atoms with E-state index >= 15 is 0 Å². The molecule has 124 heavy (non-hydrogen) atoms. The van der Waals surface area contributed by atoms with Gasteiger partial charge in [0, 0.05) is 115 Å². The van der Waals surface area contributed by atoms with Crippen LogP contribution >= 0.6 is 11.3 Å². The number of hydrogen-bond acceptors (Lipinski definition) is 26. The van der Waals surface area contributed by atoms with Gasteiger partial charge in [0.25, 0.3) is 0 Å². The molecule has 26 heteroatoms. The van der Waals surface area contributed by atoms with Gasteiger partial charge in [0.2, 0.25) is 0 Å². The Bertz CT molecular complexity index is 6530. The van der Waals surface area contributed by atoms with Crippen molar-refractivity contribution in [3.8, 4) is 0 Å². The molecule has 6 atom stereocenters. The van der Waals surface area contributed by atoms with Crippen LogP contribution in [-0.4, -0.2) is 115 Å². The number of aromatic nitrogens is 13. The third-order valence-electron chi connectivity index (χ3n) is 25.4. The number of aryl methyl sites for hydroxylation is 1. The largest absolute Gasteiger partial charge is 0.349 e. The summed E-state index contributed by atoms with van der Waals surface area (Å²) in [4.78, 5) is 84.6. The predicted molar refractivity (Wildman–Crippen MR) is 489 cm³/mol. The van der Waals surface area contributed by atoms with Gasteiger partial charge in [-0.2, -0.15) is 0 Å². The van der Waals surface area contributed by atoms with Gasteiger partial charge in [0.05, 0.1) is 42.2 Å². The quantitative estimate of drug-likeness (QED) is 0.157. The summed E-state index contributed by atoms with van der Waals surface area (Å²) in [5.41, 5.74) is 27.2. The van der Waals surface area contributed by atoms with E-state index in [9.17, 15) is 0 Å². The molecule has 6 unspecified atom stereocenters. The fourth-order valence-electron chi connectivity index (χ4n) is 20.3. The highest BCUT2D eigenvalue weighted by molar-refractivity contribution is 7.14. The average molecular weight is 1640 g/mol. The van der Waals surface area contributed by atoms with E-state index in [4.69, 9.17) is 0 Å². The van der Waals surface area contributed by atoms with E-state index in [1.807, 2.05) is 67.8 Å². The minimum Gasteiger partial charge on any atom is -0.349 e. The Hall–Kier alpha value is -15.3. The lowest BCUT2D eigenvalue weighted by Gasteiger charge is -2.30. The van der Waals surface area contributed by atoms with Crippen LogP contribution in [0.3, 0.4) is 0 Å². The van der Waals surface area contributed by atoms with Gasteiger partial charge in [-0.25, -0.2) is 59.8 Å². The molecule has 0 aliphatic carbocycles. The van der Waals surface area contributed by atoms with E-state index in [1.54, 1.807) is 49.3 Å². The zero-order valence-corrected chi connectivity index (χ0v) is 69.2. The molecule has 8 aromatic carbocycles. The molecule has 16 aromatic rings. The Morgan fingerprint density at radius 2 is 0.573 bits per heavy atom. The first-order valence-electron chi connectivity index (χ1n) is 42.0. The maximum absolute atomic E-state index is 4.58. The molecule has 0 N–H and O–H groups in total. The summed E-state index contributed by atoms with van der Waals surface area (Å²) < 4.78 is 0. The fraction of sp³-hybridized carbons (Fsp3) is 0.173. The van der Waals surface area contributed by atoms with Crippen molar-refractivity contribution in [2.75, 3.05) is 65.8 Å². The molecule has 0 radical (unpaired) electrons. The molecule has 0 bridgehead atoms. The number of thiophene rings is 1. The zero-order chi connectivity index (χ0) is 82.6. The maximum Gasteiger partial charge on any atom is 0.162 e. The summed E-state index contributed by atoms with van der Waals surface area (Å²) in [5.74, 6) is 6.04. The summed E-state index contributed by atoms with van der Waals surface area (Å²) in [7, 11) is 2.11. The Morgan fingerprint density at radius 1 is 0.266 bits per heavy atom. The van der Waals surface area contributed by atoms with Gasteiger partial charge in [-0.3, -0.25) is 4.98 Å². The lowest BCUT2D eigenvalue weighted by atomic mass is 10.1. The third-order valence-corrected chi connectivity index (χ3v) is 26.3. The van der Waals surface area contributed by atoms with E-state index < -0.39 is 0 Å². The van der Waals surface area contributed by atoms with Crippen molar-refractivity contribution in [3.05, 3.63) is 356 Å². The second kappa shape index (κ2) is 30.4. The van der Waals surface area contributed by atoms with Crippen molar-refractivity contribution in [2.24, 2.45) is 0 Å². The number of fused-ring (bicyclic) bond motifs is 30. The number of anilines is 22. The van der Waals surface area contributed by atoms with E-state index in [0.29, 0.717) is 18.4 Å². The van der Waals surface area contributed by atoms with Gasteiger partial charge in [-0.15, -0.1) is 11.3 Å². The molecule has 0 spiro atoms. The molecule has 606 valence electrons. The number of para-hydroxylation sites is 8. The zero-order valence-electron chi connectivity index (χ0n) is 68.4. The van der Waals surface area contributed by atoms with E-state index in [-0.39, 0.29) is 24.7 Å². The fourth-order valence-corrected chi connectivity index (χ4v) is 21.1. The number of likely N-dealkylation sites (N-methyl/N-ethyl adjacent to an activating group) is 1. The second-order valence-corrected chi connectivity index (χ2v) is 33.3. The number of pyridine rings is 1. The first kappa shape index (κ1) is 73.8. The van der Waals surface area contributed by atoms with Crippen LogP contribution in [0.5, 0.6) is 0 Å². The van der Waals surface area contributed by atoms with Gasteiger partial charge >= 0.3 is 0 Å². The molecule has 0 fully saturated rings. The Kier molecular flexibility index (Phi) is 18.1. The average Bonchev–Trinajstić information content (AvgIpc) is 1.55. The molecule has 8 aromatic heterocycles. The molecule has 0 saturated carbocycles. The highest BCUT2D eigenvalue weighted by Gasteiger charge is 2.50. The molecule has 0 saturated heterocycles. The number of rotatable bonds is 5. The van der Waals surface area contributed by atoms with Crippen LogP contribution in [0.1, 0.15) is 52.8 Å².